The Morgan fingerprint density at radius 3 is 3.00 bits per heavy atom. The van der Waals surface area contributed by atoms with Gasteiger partial charge in [0.05, 0.1) is 0 Å². The Labute approximate surface area is 82.5 Å². The number of hydrogen-bond acceptors (Lipinski definition) is 5. The second-order valence-electron chi connectivity index (χ2n) is 2.70. The van der Waals surface area contributed by atoms with E-state index >= 15 is 0 Å². The molecule has 5 heteroatoms. The lowest BCUT2D eigenvalue weighted by molar-refractivity contribution is 0.377. The molecule has 0 aliphatic rings. The van der Waals surface area contributed by atoms with Crippen LogP contribution in [0.4, 0.5) is 0 Å². The quantitative estimate of drug-likeness (QED) is 0.735. The summed E-state index contributed by atoms with van der Waals surface area (Å²) >= 11 is 1.78. The Bertz CT molecular complexity index is 217. The minimum Gasteiger partial charge on any atom is -0.339 e. The number of aryl methyl sites for hydroxylation is 1. The highest BCUT2D eigenvalue weighted by Gasteiger charge is 2.04. The SMILES string of the molecule is CNCCc1noc(CCSC)n1. The summed E-state index contributed by atoms with van der Waals surface area (Å²) in [6.45, 7) is 0.890. The summed E-state index contributed by atoms with van der Waals surface area (Å²) in [4.78, 5) is 4.25. The van der Waals surface area contributed by atoms with Crippen LogP contribution in [0, 0.1) is 0 Å². The summed E-state index contributed by atoms with van der Waals surface area (Å²) in [5.74, 6) is 2.58. The normalized spacial score (nSPS) is 10.6. The highest BCUT2D eigenvalue weighted by molar-refractivity contribution is 7.98. The van der Waals surface area contributed by atoms with Crippen molar-refractivity contribution in [1.29, 1.82) is 0 Å². The van der Waals surface area contributed by atoms with Gasteiger partial charge in [-0.3, -0.25) is 0 Å². The Morgan fingerprint density at radius 2 is 2.31 bits per heavy atom. The van der Waals surface area contributed by atoms with Gasteiger partial charge in [-0.1, -0.05) is 5.16 Å². The fourth-order valence-electron chi connectivity index (χ4n) is 0.919. The molecular weight excluding hydrogens is 186 g/mol. The molecule has 13 heavy (non-hydrogen) atoms. The van der Waals surface area contributed by atoms with Gasteiger partial charge in [0.2, 0.25) is 5.89 Å². The van der Waals surface area contributed by atoms with Crippen molar-refractivity contribution >= 4 is 11.8 Å². The Kier molecular flexibility index (Phi) is 4.85. The zero-order valence-corrected chi connectivity index (χ0v) is 8.86. The molecule has 1 aromatic rings. The molecule has 0 aliphatic carbocycles. The maximum Gasteiger partial charge on any atom is 0.227 e. The molecule has 0 saturated heterocycles. The first kappa shape index (κ1) is 10.5. The third-order valence-corrected chi connectivity index (χ3v) is 2.24. The van der Waals surface area contributed by atoms with Crippen molar-refractivity contribution < 1.29 is 4.52 Å². The first-order valence-electron chi connectivity index (χ1n) is 4.32. The fourth-order valence-corrected chi connectivity index (χ4v) is 1.30. The summed E-state index contributed by atoms with van der Waals surface area (Å²) in [6, 6.07) is 0. The number of thioether (sulfide) groups is 1. The first-order valence-corrected chi connectivity index (χ1v) is 5.71. The van der Waals surface area contributed by atoms with E-state index in [2.05, 4.69) is 21.7 Å². The van der Waals surface area contributed by atoms with Crippen molar-refractivity contribution in [2.75, 3.05) is 25.6 Å². The summed E-state index contributed by atoms with van der Waals surface area (Å²) < 4.78 is 5.06. The van der Waals surface area contributed by atoms with Crippen molar-refractivity contribution in [1.82, 2.24) is 15.5 Å². The van der Waals surface area contributed by atoms with Gasteiger partial charge in [0.25, 0.3) is 0 Å². The molecule has 0 atom stereocenters. The maximum absolute atomic E-state index is 5.06. The van der Waals surface area contributed by atoms with Crippen LogP contribution in [0.3, 0.4) is 0 Å². The van der Waals surface area contributed by atoms with Gasteiger partial charge in [-0.25, -0.2) is 0 Å². The van der Waals surface area contributed by atoms with E-state index in [9.17, 15) is 0 Å². The highest BCUT2D eigenvalue weighted by atomic mass is 32.2. The van der Waals surface area contributed by atoms with E-state index in [1.807, 2.05) is 7.05 Å². The van der Waals surface area contributed by atoms with Crippen LogP contribution >= 0.6 is 11.8 Å². The monoisotopic (exact) mass is 201 g/mol. The number of aromatic nitrogens is 2. The Hall–Kier alpha value is -0.550. The van der Waals surface area contributed by atoms with Gasteiger partial charge < -0.3 is 9.84 Å². The number of likely N-dealkylation sites (N-methyl/N-ethyl adjacent to an activating group) is 1. The maximum atomic E-state index is 5.06. The van der Waals surface area contributed by atoms with Crippen LogP contribution in [-0.4, -0.2) is 35.7 Å². The molecule has 1 aromatic heterocycles. The molecule has 1 rings (SSSR count). The minimum atomic E-state index is 0.750. The number of nitrogens with one attached hydrogen (secondary N) is 1. The molecule has 0 aromatic carbocycles. The van der Waals surface area contributed by atoms with Gasteiger partial charge in [0, 0.05) is 25.1 Å². The standard InChI is InChI=1S/C8H15N3OS/c1-9-5-3-7-10-8(12-11-7)4-6-13-2/h9H,3-6H2,1-2H3. The molecule has 4 nitrogen and oxygen atoms in total. The van der Waals surface area contributed by atoms with Crippen LogP contribution in [0.2, 0.25) is 0 Å². The van der Waals surface area contributed by atoms with E-state index in [4.69, 9.17) is 4.52 Å². The first-order chi connectivity index (χ1) is 6.36. The second-order valence-corrected chi connectivity index (χ2v) is 3.69. The molecule has 0 radical (unpaired) electrons. The summed E-state index contributed by atoms with van der Waals surface area (Å²) in [5, 5.41) is 6.91. The van der Waals surface area contributed by atoms with Gasteiger partial charge >= 0.3 is 0 Å². The summed E-state index contributed by atoms with van der Waals surface area (Å²) in [7, 11) is 1.91. The van der Waals surface area contributed by atoms with Crippen molar-refractivity contribution in [3.05, 3.63) is 11.7 Å². The fraction of sp³-hybridized carbons (Fsp3) is 0.750. The molecule has 1 N–H and O–H groups in total. The second kappa shape index (κ2) is 5.99. The van der Waals surface area contributed by atoms with Crippen LogP contribution in [0.5, 0.6) is 0 Å². The van der Waals surface area contributed by atoms with Gasteiger partial charge in [0.1, 0.15) is 0 Å². The summed E-state index contributed by atoms with van der Waals surface area (Å²) in [6.07, 6.45) is 3.77. The molecular formula is C8H15N3OS. The third kappa shape index (κ3) is 3.78. The van der Waals surface area contributed by atoms with Crippen LogP contribution in [0.15, 0.2) is 4.52 Å². The average Bonchev–Trinajstić information content (AvgIpc) is 2.59. The van der Waals surface area contributed by atoms with Gasteiger partial charge in [-0.2, -0.15) is 16.7 Å². The van der Waals surface area contributed by atoms with Crippen molar-refractivity contribution in [2.45, 2.75) is 12.8 Å². The number of nitrogens with zero attached hydrogens (tertiary/aromatic N) is 2. The molecule has 0 saturated carbocycles. The smallest absolute Gasteiger partial charge is 0.227 e. The van der Waals surface area contributed by atoms with Crippen LogP contribution in [-0.2, 0) is 12.8 Å². The molecule has 0 fully saturated rings. The molecule has 1 heterocycles. The van der Waals surface area contributed by atoms with E-state index in [-0.39, 0.29) is 0 Å². The lowest BCUT2D eigenvalue weighted by Crippen LogP contribution is -2.11. The third-order valence-electron chi connectivity index (χ3n) is 1.63. The minimum absolute atomic E-state index is 0.750. The van der Waals surface area contributed by atoms with Crippen molar-refractivity contribution in [3.8, 4) is 0 Å². The van der Waals surface area contributed by atoms with E-state index in [0.29, 0.717) is 0 Å². The summed E-state index contributed by atoms with van der Waals surface area (Å²) in [5.41, 5.74) is 0. The van der Waals surface area contributed by atoms with Gasteiger partial charge in [-0.05, 0) is 13.3 Å². The average molecular weight is 201 g/mol. The molecule has 0 aliphatic heterocycles. The van der Waals surface area contributed by atoms with Gasteiger partial charge in [0.15, 0.2) is 5.82 Å². The Morgan fingerprint density at radius 1 is 1.46 bits per heavy atom. The largest absolute Gasteiger partial charge is 0.339 e. The van der Waals surface area contributed by atoms with Crippen LogP contribution in [0.25, 0.3) is 0 Å². The van der Waals surface area contributed by atoms with Crippen molar-refractivity contribution in [2.24, 2.45) is 0 Å². The van der Waals surface area contributed by atoms with E-state index in [1.54, 1.807) is 11.8 Å². The topological polar surface area (TPSA) is 51.0 Å². The van der Waals surface area contributed by atoms with Crippen LogP contribution in [0.1, 0.15) is 11.7 Å². The van der Waals surface area contributed by atoms with Crippen molar-refractivity contribution in [3.63, 3.8) is 0 Å². The highest BCUT2D eigenvalue weighted by Crippen LogP contribution is 2.02. The molecule has 74 valence electrons. The lowest BCUT2D eigenvalue weighted by atomic mass is 10.4. The number of rotatable bonds is 6. The lowest BCUT2D eigenvalue weighted by Gasteiger charge is -1.91. The number of hydrogen-bond donors (Lipinski definition) is 1. The van der Waals surface area contributed by atoms with Crippen LogP contribution < -0.4 is 5.32 Å². The van der Waals surface area contributed by atoms with E-state index < -0.39 is 0 Å². The van der Waals surface area contributed by atoms with E-state index in [0.717, 1.165) is 36.9 Å². The molecule has 0 amide bonds. The zero-order valence-electron chi connectivity index (χ0n) is 8.04. The predicted molar refractivity (Wildman–Crippen MR) is 54.0 cm³/mol. The predicted octanol–water partition coefficient (Wildman–Crippen LogP) is 0.737. The van der Waals surface area contributed by atoms with Gasteiger partial charge in [-0.15, -0.1) is 0 Å². The molecule has 0 bridgehead atoms. The zero-order chi connectivity index (χ0) is 9.52. The molecule has 0 spiro atoms. The Balaban J connectivity index is 2.34. The van der Waals surface area contributed by atoms with E-state index in [1.165, 1.54) is 0 Å². The molecule has 0 unspecified atom stereocenters.